The smallest absolute Gasteiger partial charge is 0.248 e. The maximum absolute atomic E-state index is 12.6. The van der Waals surface area contributed by atoms with Crippen molar-refractivity contribution in [1.29, 1.82) is 0 Å². The minimum atomic E-state index is -0.163. The molecule has 0 aliphatic carbocycles. The summed E-state index contributed by atoms with van der Waals surface area (Å²) in [5, 5.41) is 3.03. The van der Waals surface area contributed by atoms with Crippen LogP contribution in [0.3, 0.4) is 0 Å². The summed E-state index contributed by atoms with van der Waals surface area (Å²) in [4.78, 5) is 17.3. The summed E-state index contributed by atoms with van der Waals surface area (Å²) in [6, 6.07) is 13.6. The molecule has 1 fully saturated rings. The zero-order valence-corrected chi connectivity index (χ0v) is 18.1. The van der Waals surface area contributed by atoms with Gasteiger partial charge in [0.2, 0.25) is 5.91 Å². The average Bonchev–Trinajstić information content (AvgIpc) is 2.78. The first kappa shape index (κ1) is 21.7. The Morgan fingerprint density at radius 3 is 2.53 bits per heavy atom. The highest BCUT2D eigenvalue weighted by Gasteiger charge is 2.18. The van der Waals surface area contributed by atoms with E-state index >= 15 is 0 Å². The molecule has 0 spiro atoms. The van der Waals surface area contributed by atoms with E-state index < -0.39 is 0 Å². The van der Waals surface area contributed by atoms with E-state index in [0.29, 0.717) is 18.1 Å². The summed E-state index contributed by atoms with van der Waals surface area (Å²) in [5.41, 5.74) is 2.78. The number of hydrogen-bond donors (Lipinski definition) is 1. The van der Waals surface area contributed by atoms with Crippen molar-refractivity contribution in [2.75, 3.05) is 56.7 Å². The van der Waals surface area contributed by atoms with Gasteiger partial charge in [-0.25, -0.2) is 0 Å². The number of rotatable bonds is 8. The van der Waals surface area contributed by atoms with Crippen molar-refractivity contribution in [2.24, 2.45) is 0 Å². The molecule has 0 unspecified atom stereocenters. The number of anilines is 2. The Morgan fingerprint density at radius 2 is 1.83 bits per heavy atom. The minimum Gasteiger partial charge on any atom is -0.493 e. The molecule has 2 aromatic rings. The number of nitrogens with one attached hydrogen (secondary N) is 1. The highest BCUT2D eigenvalue weighted by molar-refractivity contribution is 6.03. The molecule has 0 aromatic heterocycles. The van der Waals surface area contributed by atoms with Gasteiger partial charge in [-0.1, -0.05) is 25.1 Å². The summed E-state index contributed by atoms with van der Waals surface area (Å²) < 4.78 is 10.9. The largest absolute Gasteiger partial charge is 0.493 e. The zero-order valence-electron chi connectivity index (χ0n) is 18.1. The van der Waals surface area contributed by atoms with E-state index in [0.717, 1.165) is 49.7 Å². The maximum Gasteiger partial charge on any atom is 0.248 e. The molecule has 1 amide bonds. The van der Waals surface area contributed by atoms with Crippen molar-refractivity contribution in [2.45, 2.75) is 13.8 Å². The number of piperazine rings is 1. The number of likely N-dealkylation sites (N-methyl/N-ethyl adjacent to an activating group) is 1. The third kappa shape index (κ3) is 5.54. The first-order valence-corrected chi connectivity index (χ1v) is 10.5. The molecule has 1 aliphatic rings. The van der Waals surface area contributed by atoms with E-state index in [1.807, 2.05) is 43.3 Å². The predicted octanol–water partition coefficient (Wildman–Crippen LogP) is 3.89. The van der Waals surface area contributed by atoms with Gasteiger partial charge in [0.15, 0.2) is 11.5 Å². The van der Waals surface area contributed by atoms with Crippen LogP contribution in [0.15, 0.2) is 48.5 Å². The fourth-order valence-electron chi connectivity index (χ4n) is 3.57. The number of methoxy groups -OCH3 is 1. The lowest BCUT2D eigenvalue weighted by atomic mass is 10.1. The van der Waals surface area contributed by atoms with Gasteiger partial charge >= 0.3 is 0 Å². The Balaban J connectivity index is 1.68. The van der Waals surface area contributed by atoms with E-state index in [1.54, 1.807) is 19.3 Å². The molecule has 160 valence electrons. The second-order valence-electron chi connectivity index (χ2n) is 7.10. The maximum atomic E-state index is 12.6. The molecule has 1 N–H and O–H groups in total. The van der Waals surface area contributed by atoms with Gasteiger partial charge in [0.05, 0.1) is 25.1 Å². The van der Waals surface area contributed by atoms with E-state index in [2.05, 4.69) is 28.1 Å². The van der Waals surface area contributed by atoms with Crippen LogP contribution in [0.2, 0.25) is 0 Å². The molecule has 2 aromatic carbocycles. The van der Waals surface area contributed by atoms with Crippen LogP contribution in [0.5, 0.6) is 11.5 Å². The van der Waals surface area contributed by atoms with Gasteiger partial charge in [-0.3, -0.25) is 4.79 Å². The molecule has 0 saturated carbocycles. The molecular weight excluding hydrogens is 378 g/mol. The monoisotopic (exact) mass is 409 g/mol. The van der Waals surface area contributed by atoms with E-state index in [9.17, 15) is 4.79 Å². The molecule has 6 nitrogen and oxygen atoms in total. The molecular formula is C24H31N3O3. The van der Waals surface area contributed by atoms with Gasteiger partial charge in [0, 0.05) is 32.3 Å². The third-order valence-corrected chi connectivity index (χ3v) is 5.24. The van der Waals surface area contributed by atoms with Gasteiger partial charge < -0.3 is 24.6 Å². The van der Waals surface area contributed by atoms with Crippen LogP contribution in [0.1, 0.15) is 19.4 Å². The zero-order chi connectivity index (χ0) is 21.3. The summed E-state index contributed by atoms with van der Waals surface area (Å²) in [7, 11) is 1.61. The Labute approximate surface area is 179 Å². The first-order chi connectivity index (χ1) is 14.6. The quantitative estimate of drug-likeness (QED) is 0.671. The Bertz CT molecular complexity index is 874. The summed E-state index contributed by atoms with van der Waals surface area (Å²) >= 11 is 0. The summed E-state index contributed by atoms with van der Waals surface area (Å²) in [5.74, 6) is 1.18. The number of benzene rings is 2. The van der Waals surface area contributed by atoms with Crippen LogP contribution in [-0.2, 0) is 4.79 Å². The minimum absolute atomic E-state index is 0.163. The molecule has 1 aliphatic heterocycles. The molecule has 0 bridgehead atoms. The highest BCUT2D eigenvalue weighted by Crippen LogP contribution is 2.29. The number of hydrogen-bond acceptors (Lipinski definition) is 5. The van der Waals surface area contributed by atoms with Crippen LogP contribution < -0.4 is 19.7 Å². The number of carbonyl (C=O) groups excluding carboxylic acids is 1. The van der Waals surface area contributed by atoms with Gasteiger partial charge in [0.25, 0.3) is 0 Å². The van der Waals surface area contributed by atoms with Gasteiger partial charge in [0.1, 0.15) is 0 Å². The van der Waals surface area contributed by atoms with E-state index in [-0.39, 0.29) is 5.91 Å². The SMILES string of the molecule is CCOc1cc(C=CC(=O)Nc2ccccc2N2CCN(CC)CC2)ccc1OC. The summed E-state index contributed by atoms with van der Waals surface area (Å²) in [6.45, 7) is 9.74. The predicted molar refractivity (Wildman–Crippen MR) is 123 cm³/mol. The molecule has 30 heavy (non-hydrogen) atoms. The number of para-hydroxylation sites is 2. The lowest BCUT2D eigenvalue weighted by Gasteiger charge is -2.36. The molecule has 0 atom stereocenters. The van der Waals surface area contributed by atoms with Crippen molar-refractivity contribution in [3.8, 4) is 11.5 Å². The van der Waals surface area contributed by atoms with E-state index in [1.165, 1.54) is 0 Å². The van der Waals surface area contributed by atoms with Crippen LogP contribution in [0, 0.1) is 0 Å². The molecule has 1 saturated heterocycles. The van der Waals surface area contributed by atoms with Crippen molar-refractivity contribution in [3.05, 3.63) is 54.1 Å². The Kier molecular flexibility index (Phi) is 7.74. The van der Waals surface area contributed by atoms with Crippen molar-refractivity contribution in [3.63, 3.8) is 0 Å². The number of carbonyl (C=O) groups is 1. The number of nitrogens with zero attached hydrogens (tertiary/aromatic N) is 2. The lowest BCUT2D eigenvalue weighted by molar-refractivity contribution is -0.111. The Morgan fingerprint density at radius 1 is 1.07 bits per heavy atom. The van der Waals surface area contributed by atoms with Gasteiger partial charge in [-0.15, -0.1) is 0 Å². The topological polar surface area (TPSA) is 54.0 Å². The van der Waals surface area contributed by atoms with Crippen molar-refractivity contribution < 1.29 is 14.3 Å². The van der Waals surface area contributed by atoms with E-state index in [4.69, 9.17) is 9.47 Å². The summed E-state index contributed by atoms with van der Waals surface area (Å²) in [6.07, 6.45) is 3.32. The van der Waals surface area contributed by atoms with Crippen LogP contribution in [0.4, 0.5) is 11.4 Å². The second-order valence-corrected chi connectivity index (χ2v) is 7.10. The van der Waals surface area contributed by atoms with Crippen LogP contribution in [0.25, 0.3) is 6.08 Å². The molecule has 1 heterocycles. The third-order valence-electron chi connectivity index (χ3n) is 5.24. The number of ether oxygens (including phenoxy) is 2. The molecule has 0 radical (unpaired) electrons. The normalized spacial score (nSPS) is 14.7. The first-order valence-electron chi connectivity index (χ1n) is 10.5. The van der Waals surface area contributed by atoms with Crippen LogP contribution in [-0.4, -0.2) is 57.2 Å². The molecule has 6 heteroatoms. The fourth-order valence-corrected chi connectivity index (χ4v) is 3.57. The average molecular weight is 410 g/mol. The standard InChI is InChI=1S/C24H31N3O3/c1-4-26-14-16-27(17-15-26)21-9-7-6-8-20(21)25-24(28)13-11-19-10-12-22(29-3)23(18-19)30-5-2/h6-13,18H,4-5,14-17H2,1-3H3,(H,25,28). The van der Waals surface area contributed by atoms with Crippen LogP contribution >= 0.6 is 0 Å². The molecule has 3 rings (SSSR count). The van der Waals surface area contributed by atoms with Gasteiger partial charge in [-0.2, -0.15) is 0 Å². The lowest BCUT2D eigenvalue weighted by Crippen LogP contribution is -2.46. The van der Waals surface area contributed by atoms with Crippen molar-refractivity contribution in [1.82, 2.24) is 4.90 Å². The second kappa shape index (κ2) is 10.7. The number of amides is 1. The van der Waals surface area contributed by atoms with Gasteiger partial charge in [-0.05, 0) is 49.4 Å². The van der Waals surface area contributed by atoms with Crippen molar-refractivity contribution >= 4 is 23.4 Å². The highest BCUT2D eigenvalue weighted by atomic mass is 16.5. The Hall–Kier alpha value is -2.99. The fraction of sp³-hybridized carbons (Fsp3) is 0.375.